The fourth-order valence-corrected chi connectivity index (χ4v) is 4.01. The molecule has 2 amide bonds. The zero-order valence-electron chi connectivity index (χ0n) is 17.4. The molecule has 0 spiro atoms. The van der Waals surface area contributed by atoms with Crippen LogP contribution in [0.4, 0.5) is 0 Å². The fourth-order valence-electron chi connectivity index (χ4n) is 4.01. The Morgan fingerprint density at radius 1 is 1.03 bits per heavy atom. The number of amides is 2. The summed E-state index contributed by atoms with van der Waals surface area (Å²) in [6.45, 7) is 3.63. The Labute approximate surface area is 179 Å². The van der Waals surface area contributed by atoms with Gasteiger partial charge in [-0.3, -0.25) is 30.1 Å². The largest absolute Gasteiger partial charge is 0.290 e. The molecule has 4 rings (SSSR count). The predicted molar refractivity (Wildman–Crippen MR) is 117 cm³/mol. The van der Waals surface area contributed by atoms with E-state index >= 15 is 0 Å². The van der Waals surface area contributed by atoms with Crippen LogP contribution in [0, 0.1) is 0 Å². The molecule has 2 aromatic carbocycles. The first-order chi connectivity index (χ1) is 15.1. The number of nitrogens with zero attached hydrogens (tertiary/aromatic N) is 3. The van der Waals surface area contributed by atoms with E-state index in [0.29, 0.717) is 23.9 Å². The van der Waals surface area contributed by atoms with Gasteiger partial charge in [-0.15, -0.1) is 0 Å². The van der Waals surface area contributed by atoms with E-state index in [2.05, 4.69) is 20.9 Å². The van der Waals surface area contributed by atoms with Crippen molar-refractivity contribution in [2.75, 3.05) is 6.54 Å². The second kappa shape index (κ2) is 9.09. The van der Waals surface area contributed by atoms with E-state index in [9.17, 15) is 14.4 Å². The molecule has 160 valence electrons. The molecule has 0 bridgehead atoms. The first-order valence-electron chi connectivity index (χ1n) is 10.5. The van der Waals surface area contributed by atoms with Crippen molar-refractivity contribution in [2.45, 2.75) is 38.9 Å². The minimum Gasteiger partial charge on any atom is -0.288 e. The van der Waals surface area contributed by atoms with Gasteiger partial charge in [0, 0.05) is 18.5 Å². The number of aromatic nitrogens is 2. The van der Waals surface area contributed by atoms with Gasteiger partial charge in [-0.05, 0) is 37.9 Å². The number of fused-ring (bicyclic) bond motifs is 1. The number of carbonyl (C=O) groups excluding carboxylic acids is 2. The van der Waals surface area contributed by atoms with Crippen LogP contribution in [0.15, 0.2) is 59.4 Å². The Hall–Kier alpha value is -3.52. The van der Waals surface area contributed by atoms with Crippen molar-refractivity contribution in [3.05, 3.63) is 76.2 Å². The highest BCUT2D eigenvalue weighted by molar-refractivity contribution is 6.05. The molecule has 1 aromatic heterocycles. The lowest BCUT2D eigenvalue weighted by atomic mass is 10.1. The summed E-state index contributed by atoms with van der Waals surface area (Å²) in [5.74, 6) is -0.811. The number of hydrogen-bond acceptors (Lipinski definition) is 5. The molecular formula is C23H25N5O3. The Morgan fingerprint density at radius 3 is 2.48 bits per heavy atom. The van der Waals surface area contributed by atoms with Crippen molar-refractivity contribution < 1.29 is 9.59 Å². The molecule has 0 radical (unpaired) electrons. The average Bonchev–Trinajstić information content (AvgIpc) is 3.26. The second-order valence-electron chi connectivity index (χ2n) is 7.57. The first kappa shape index (κ1) is 20.7. The van der Waals surface area contributed by atoms with Gasteiger partial charge in [0.15, 0.2) is 5.69 Å². The number of rotatable bonds is 5. The lowest BCUT2D eigenvalue weighted by Crippen LogP contribution is -2.50. The molecule has 0 saturated carbocycles. The van der Waals surface area contributed by atoms with Crippen LogP contribution < -0.4 is 16.4 Å². The molecule has 0 aliphatic carbocycles. The molecule has 2 heterocycles. The second-order valence-corrected chi connectivity index (χ2v) is 7.57. The third kappa shape index (κ3) is 4.34. The van der Waals surface area contributed by atoms with E-state index < -0.39 is 5.91 Å². The standard InChI is InChI=1S/C23H25N5O3/c1-2-28-23(31)18-12-7-6-11-17(18)20(26-28)22(30)25-24-21(29)19-13-8-14-27(19)15-16-9-4-3-5-10-16/h3-7,9-12,19H,2,8,13-15H2,1H3,(H,24,29)(H,25,30). The van der Waals surface area contributed by atoms with Gasteiger partial charge in [0.1, 0.15) is 0 Å². The highest BCUT2D eigenvalue weighted by Gasteiger charge is 2.31. The summed E-state index contributed by atoms with van der Waals surface area (Å²) in [6, 6.07) is 16.5. The van der Waals surface area contributed by atoms with Gasteiger partial charge in [0.2, 0.25) is 0 Å². The van der Waals surface area contributed by atoms with E-state index in [-0.39, 0.29) is 23.2 Å². The molecule has 31 heavy (non-hydrogen) atoms. The molecule has 1 atom stereocenters. The predicted octanol–water partition coefficient (Wildman–Crippen LogP) is 1.84. The normalized spacial score (nSPS) is 16.4. The quantitative estimate of drug-likeness (QED) is 0.615. The Morgan fingerprint density at radius 2 is 1.74 bits per heavy atom. The molecule has 8 heteroatoms. The number of hydrogen-bond donors (Lipinski definition) is 2. The molecule has 1 aliphatic rings. The summed E-state index contributed by atoms with van der Waals surface area (Å²) in [4.78, 5) is 40.2. The Bertz CT molecular complexity index is 1160. The van der Waals surface area contributed by atoms with Crippen LogP contribution in [-0.2, 0) is 17.9 Å². The van der Waals surface area contributed by atoms with Crippen LogP contribution in [0.25, 0.3) is 10.8 Å². The highest BCUT2D eigenvalue weighted by atomic mass is 16.2. The summed E-state index contributed by atoms with van der Waals surface area (Å²) in [7, 11) is 0. The monoisotopic (exact) mass is 419 g/mol. The minimum atomic E-state index is -0.556. The number of carbonyl (C=O) groups is 2. The third-order valence-electron chi connectivity index (χ3n) is 5.58. The number of nitrogens with one attached hydrogen (secondary N) is 2. The molecule has 1 aliphatic heterocycles. The summed E-state index contributed by atoms with van der Waals surface area (Å²) >= 11 is 0. The maximum absolute atomic E-state index is 12.8. The minimum absolute atomic E-state index is 0.102. The van der Waals surface area contributed by atoms with E-state index in [1.165, 1.54) is 4.68 Å². The smallest absolute Gasteiger partial charge is 0.288 e. The maximum atomic E-state index is 12.8. The van der Waals surface area contributed by atoms with Gasteiger partial charge in [-0.2, -0.15) is 5.10 Å². The lowest BCUT2D eigenvalue weighted by Gasteiger charge is -2.23. The molecule has 1 saturated heterocycles. The van der Waals surface area contributed by atoms with Crippen LogP contribution in [0.5, 0.6) is 0 Å². The van der Waals surface area contributed by atoms with Crippen molar-refractivity contribution >= 4 is 22.6 Å². The van der Waals surface area contributed by atoms with Crippen molar-refractivity contribution in [1.82, 2.24) is 25.5 Å². The van der Waals surface area contributed by atoms with Crippen molar-refractivity contribution in [2.24, 2.45) is 0 Å². The number of hydrazine groups is 1. The SMILES string of the molecule is CCn1nc(C(=O)NNC(=O)C2CCCN2Cc2ccccc2)c2ccccc2c1=O. The van der Waals surface area contributed by atoms with Crippen LogP contribution >= 0.6 is 0 Å². The topological polar surface area (TPSA) is 96.3 Å². The molecular weight excluding hydrogens is 394 g/mol. The van der Waals surface area contributed by atoms with Gasteiger partial charge >= 0.3 is 0 Å². The zero-order valence-corrected chi connectivity index (χ0v) is 17.4. The number of benzene rings is 2. The van der Waals surface area contributed by atoms with Gasteiger partial charge in [0.25, 0.3) is 17.4 Å². The van der Waals surface area contributed by atoms with E-state index in [1.807, 2.05) is 30.3 Å². The molecule has 1 fully saturated rings. The van der Waals surface area contributed by atoms with Gasteiger partial charge in [0.05, 0.1) is 11.4 Å². The Balaban J connectivity index is 1.47. The van der Waals surface area contributed by atoms with Crippen LogP contribution in [0.3, 0.4) is 0 Å². The average molecular weight is 419 g/mol. The summed E-state index contributed by atoms with van der Waals surface area (Å²) in [5, 5.41) is 5.07. The zero-order chi connectivity index (χ0) is 21.8. The highest BCUT2D eigenvalue weighted by Crippen LogP contribution is 2.20. The van der Waals surface area contributed by atoms with Crippen molar-refractivity contribution in [1.29, 1.82) is 0 Å². The summed E-state index contributed by atoms with van der Waals surface area (Å²) < 4.78 is 1.25. The van der Waals surface area contributed by atoms with Crippen molar-refractivity contribution in [3.63, 3.8) is 0 Å². The van der Waals surface area contributed by atoms with Gasteiger partial charge < -0.3 is 0 Å². The third-order valence-corrected chi connectivity index (χ3v) is 5.58. The van der Waals surface area contributed by atoms with Crippen LogP contribution in [0.1, 0.15) is 35.8 Å². The van der Waals surface area contributed by atoms with E-state index in [0.717, 1.165) is 24.9 Å². The Kier molecular flexibility index (Phi) is 6.08. The lowest BCUT2D eigenvalue weighted by molar-refractivity contribution is -0.126. The summed E-state index contributed by atoms with van der Waals surface area (Å²) in [6.07, 6.45) is 1.66. The molecule has 8 nitrogen and oxygen atoms in total. The number of aryl methyl sites for hydroxylation is 1. The molecule has 2 N–H and O–H groups in total. The van der Waals surface area contributed by atoms with E-state index in [4.69, 9.17) is 0 Å². The first-order valence-corrected chi connectivity index (χ1v) is 10.5. The fraction of sp³-hybridized carbons (Fsp3) is 0.304. The van der Waals surface area contributed by atoms with Crippen LogP contribution in [0.2, 0.25) is 0 Å². The molecule has 1 unspecified atom stereocenters. The molecule has 3 aromatic rings. The van der Waals surface area contributed by atoms with Gasteiger partial charge in [-0.25, -0.2) is 4.68 Å². The van der Waals surface area contributed by atoms with Crippen molar-refractivity contribution in [3.8, 4) is 0 Å². The summed E-state index contributed by atoms with van der Waals surface area (Å²) in [5.41, 5.74) is 6.02. The number of likely N-dealkylation sites (tertiary alicyclic amines) is 1. The van der Waals surface area contributed by atoms with E-state index in [1.54, 1.807) is 31.2 Å². The van der Waals surface area contributed by atoms with Crippen LogP contribution in [-0.4, -0.2) is 39.1 Å². The van der Waals surface area contributed by atoms with Gasteiger partial charge in [-0.1, -0.05) is 48.5 Å². The maximum Gasteiger partial charge on any atom is 0.290 e.